The number of rotatable bonds is 7. The number of fused-ring (bicyclic) bond motifs is 1. The highest BCUT2D eigenvalue weighted by Crippen LogP contribution is 2.32. The van der Waals surface area contributed by atoms with Crippen molar-refractivity contribution in [2.24, 2.45) is 0 Å². The maximum absolute atomic E-state index is 13.9. The first kappa shape index (κ1) is 22.0. The number of hydrogen-bond acceptors (Lipinski definition) is 3. The fraction of sp³-hybridized carbons (Fsp3) is 0.409. The van der Waals surface area contributed by atoms with Crippen LogP contribution < -0.4 is 19.7 Å². The van der Waals surface area contributed by atoms with E-state index in [2.05, 4.69) is 5.32 Å². The molecule has 3 rings (SSSR count). The summed E-state index contributed by atoms with van der Waals surface area (Å²) in [6, 6.07) is 5.22. The van der Waals surface area contributed by atoms with Gasteiger partial charge in [-0.3, -0.25) is 4.79 Å². The molecule has 0 aromatic heterocycles. The van der Waals surface area contributed by atoms with E-state index in [1.807, 2.05) is 26.0 Å². The molecule has 1 aliphatic rings. The Kier molecular flexibility index (Phi) is 6.87. The predicted octanol–water partition coefficient (Wildman–Crippen LogP) is 2.87. The Bertz CT molecular complexity index is 936. The minimum absolute atomic E-state index is 0.373. The lowest BCUT2D eigenvalue weighted by atomic mass is 9.97. The van der Waals surface area contributed by atoms with E-state index in [1.54, 1.807) is 6.92 Å². The van der Waals surface area contributed by atoms with Crippen molar-refractivity contribution < 1.29 is 32.3 Å². The van der Waals surface area contributed by atoms with Crippen LogP contribution >= 0.6 is 0 Å². The lowest BCUT2D eigenvalue weighted by molar-refractivity contribution is -0.929. The Hall–Kier alpha value is -2.74. The molecule has 2 atom stereocenters. The molecule has 8 heteroatoms. The van der Waals surface area contributed by atoms with Gasteiger partial charge in [-0.2, -0.15) is 0 Å². The zero-order chi connectivity index (χ0) is 21.8. The summed E-state index contributed by atoms with van der Waals surface area (Å²) in [4.78, 5) is 13.6. The number of benzene rings is 2. The number of carbonyl (C=O) groups is 1. The van der Waals surface area contributed by atoms with Gasteiger partial charge in [0.15, 0.2) is 35.0 Å². The molecule has 1 heterocycles. The van der Waals surface area contributed by atoms with Gasteiger partial charge in [0, 0.05) is 12.0 Å². The second-order valence-corrected chi connectivity index (χ2v) is 7.20. The van der Waals surface area contributed by atoms with Crippen LogP contribution in [-0.4, -0.2) is 31.7 Å². The third-order valence-corrected chi connectivity index (χ3v) is 5.30. The van der Waals surface area contributed by atoms with E-state index in [1.165, 1.54) is 0 Å². The number of halogens is 3. The average Bonchev–Trinajstić information content (AvgIpc) is 2.74. The fourth-order valence-electron chi connectivity index (χ4n) is 3.62. The summed E-state index contributed by atoms with van der Waals surface area (Å²) < 4.78 is 51.8. The van der Waals surface area contributed by atoms with E-state index in [4.69, 9.17) is 9.47 Å². The van der Waals surface area contributed by atoms with Crippen LogP contribution in [-0.2, 0) is 17.8 Å². The van der Waals surface area contributed by atoms with Crippen LogP contribution in [0.4, 0.5) is 18.9 Å². The van der Waals surface area contributed by atoms with Gasteiger partial charge in [-0.05, 0) is 50.6 Å². The lowest BCUT2D eigenvalue weighted by Gasteiger charge is -2.30. The molecule has 0 saturated heterocycles. The largest absolute Gasteiger partial charge is 0.490 e. The summed E-state index contributed by atoms with van der Waals surface area (Å²) >= 11 is 0. The van der Waals surface area contributed by atoms with Gasteiger partial charge in [0.25, 0.3) is 5.91 Å². The standard InChI is InChI=1S/C22H25F3N2O3/c1-4-29-18-10-14-8-9-27(12-15(14)11-19(18)30-5-2)13(3)22(28)26-17-7-6-16(23)20(24)21(17)25/h6-7,10-11,13H,4-5,8-9,12H2,1-3H3,(H,26,28)/p+1/t13-/m0/s1. The lowest BCUT2D eigenvalue weighted by Crippen LogP contribution is -3.16. The van der Waals surface area contributed by atoms with Crippen LogP contribution in [0, 0.1) is 17.5 Å². The third kappa shape index (κ3) is 4.53. The molecule has 162 valence electrons. The smallest absolute Gasteiger partial charge is 0.282 e. The Labute approximate surface area is 173 Å². The zero-order valence-corrected chi connectivity index (χ0v) is 17.3. The fourth-order valence-corrected chi connectivity index (χ4v) is 3.62. The monoisotopic (exact) mass is 423 g/mol. The molecule has 30 heavy (non-hydrogen) atoms. The third-order valence-electron chi connectivity index (χ3n) is 5.30. The Morgan fingerprint density at radius 3 is 2.33 bits per heavy atom. The molecule has 0 saturated carbocycles. The number of ether oxygens (including phenoxy) is 2. The van der Waals surface area contributed by atoms with Gasteiger partial charge in [-0.1, -0.05) is 0 Å². The summed E-state index contributed by atoms with van der Waals surface area (Å²) in [5, 5.41) is 2.37. The quantitative estimate of drug-likeness (QED) is 0.674. The highest BCUT2D eigenvalue weighted by molar-refractivity contribution is 5.93. The van der Waals surface area contributed by atoms with Gasteiger partial charge >= 0.3 is 0 Å². The molecule has 0 fully saturated rings. The molecular weight excluding hydrogens is 397 g/mol. The minimum atomic E-state index is -1.60. The Morgan fingerprint density at radius 1 is 1.07 bits per heavy atom. The van der Waals surface area contributed by atoms with Gasteiger partial charge in [0.2, 0.25) is 0 Å². The van der Waals surface area contributed by atoms with E-state index < -0.39 is 29.4 Å². The number of hydrogen-bond donors (Lipinski definition) is 2. The molecule has 5 nitrogen and oxygen atoms in total. The molecule has 2 aromatic rings. The number of amides is 1. The van der Waals surface area contributed by atoms with Crippen LogP contribution in [0.15, 0.2) is 24.3 Å². The van der Waals surface area contributed by atoms with Crippen molar-refractivity contribution in [1.29, 1.82) is 0 Å². The van der Waals surface area contributed by atoms with E-state index >= 15 is 0 Å². The number of quaternary nitrogens is 1. The first-order valence-electron chi connectivity index (χ1n) is 10.1. The summed E-state index contributed by atoms with van der Waals surface area (Å²) in [7, 11) is 0. The summed E-state index contributed by atoms with van der Waals surface area (Å²) in [6.07, 6.45) is 0.744. The van der Waals surface area contributed by atoms with Gasteiger partial charge < -0.3 is 19.7 Å². The van der Waals surface area contributed by atoms with E-state index in [9.17, 15) is 18.0 Å². The van der Waals surface area contributed by atoms with Crippen molar-refractivity contribution >= 4 is 11.6 Å². The Balaban J connectivity index is 1.75. The van der Waals surface area contributed by atoms with Crippen molar-refractivity contribution in [2.75, 3.05) is 25.1 Å². The van der Waals surface area contributed by atoms with Crippen LogP contribution in [0.1, 0.15) is 31.9 Å². The molecule has 2 N–H and O–H groups in total. The van der Waals surface area contributed by atoms with Crippen LogP contribution in [0.3, 0.4) is 0 Å². The van der Waals surface area contributed by atoms with Gasteiger partial charge in [-0.15, -0.1) is 0 Å². The van der Waals surface area contributed by atoms with Gasteiger partial charge in [0.1, 0.15) is 6.54 Å². The van der Waals surface area contributed by atoms with E-state index in [0.29, 0.717) is 37.8 Å². The van der Waals surface area contributed by atoms with Crippen LogP contribution in [0.2, 0.25) is 0 Å². The normalized spacial score (nSPS) is 16.5. The number of carbonyl (C=O) groups excluding carboxylic acids is 1. The second kappa shape index (κ2) is 9.38. The molecule has 1 unspecified atom stereocenters. The maximum Gasteiger partial charge on any atom is 0.282 e. The Morgan fingerprint density at radius 2 is 1.70 bits per heavy atom. The van der Waals surface area contributed by atoms with Crippen LogP contribution in [0.25, 0.3) is 0 Å². The second-order valence-electron chi connectivity index (χ2n) is 7.20. The van der Waals surface area contributed by atoms with Crippen LogP contribution in [0.5, 0.6) is 11.5 Å². The maximum atomic E-state index is 13.9. The predicted molar refractivity (Wildman–Crippen MR) is 106 cm³/mol. The number of nitrogens with one attached hydrogen (secondary N) is 2. The first-order chi connectivity index (χ1) is 14.3. The summed E-state index contributed by atoms with van der Waals surface area (Å²) in [6.45, 7) is 7.86. The van der Waals surface area contributed by atoms with Crippen molar-refractivity contribution in [3.05, 3.63) is 52.8 Å². The molecule has 0 aliphatic carbocycles. The summed E-state index contributed by atoms with van der Waals surface area (Å²) in [5.74, 6) is -3.39. The SMILES string of the molecule is CCOc1cc2c(cc1OCC)C[NH+]([C@@H](C)C(=O)Nc1ccc(F)c(F)c1F)CC2. The van der Waals surface area contributed by atoms with Crippen molar-refractivity contribution in [2.45, 2.75) is 39.8 Å². The highest BCUT2D eigenvalue weighted by Gasteiger charge is 2.31. The van der Waals surface area contributed by atoms with Crippen molar-refractivity contribution in [1.82, 2.24) is 0 Å². The van der Waals surface area contributed by atoms with Gasteiger partial charge in [-0.25, -0.2) is 13.2 Å². The molecule has 2 aromatic carbocycles. The first-order valence-corrected chi connectivity index (χ1v) is 10.1. The molecule has 1 amide bonds. The number of anilines is 1. The highest BCUT2D eigenvalue weighted by atomic mass is 19.2. The minimum Gasteiger partial charge on any atom is -0.490 e. The molecule has 0 bridgehead atoms. The topological polar surface area (TPSA) is 52.0 Å². The van der Waals surface area contributed by atoms with Crippen molar-refractivity contribution in [3.8, 4) is 11.5 Å². The molecule has 1 aliphatic heterocycles. The van der Waals surface area contributed by atoms with E-state index in [0.717, 1.165) is 34.6 Å². The summed E-state index contributed by atoms with van der Waals surface area (Å²) in [5.41, 5.74) is 1.83. The van der Waals surface area contributed by atoms with Crippen molar-refractivity contribution in [3.63, 3.8) is 0 Å². The zero-order valence-electron chi connectivity index (χ0n) is 17.3. The van der Waals surface area contributed by atoms with Gasteiger partial charge in [0.05, 0.1) is 25.4 Å². The van der Waals surface area contributed by atoms with E-state index in [-0.39, 0.29) is 5.69 Å². The average molecular weight is 423 g/mol. The molecule has 0 radical (unpaired) electrons. The molecular formula is C22H26F3N2O3+. The molecule has 0 spiro atoms.